The number of thiophene rings is 1. The predicted octanol–water partition coefficient (Wildman–Crippen LogP) is 10.4. The molecule has 0 atom stereocenters. The zero-order chi connectivity index (χ0) is 28.8. The Kier molecular flexibility index (Phi) is 11.4. The average Bonchev–Trinajstić information content (AvgIpc) is 3.36. The minimum atomic E-state index is -0.125. The van der Waals surface area contributed by atoms with E-state index in [0.29, 0.717) is 11.8 Å². The second-order valence-electron chi connectivity index (χ2n) is 10.7. The van der Waals surface area contributed by atoms with Gasteiger partial charge in [0.25, 0.3) is 0 Å². The fourth-order valence-corrected chi connectivity index (χ4v) is 5.49. The fourth-order valence-electron chi connectivity index (χ4n) is 4.43. The number of aromatic nitrogens is 1. The molecule has 0 aliphatic heterocycles. The van der Waals surface area contributed by atoms with Gasteiger partial charge in [-0.05, 0) is 59.7 Å². The number of pyridine rings is 1. The number of benzene rings is 3. The molecule has 2 heterocycles. The van der Waals surface area contributed by atoms with Crippen LogP contribution >= 0.6 is 11.3 Å². The van der Waals surface area contributed by atoms with Crippen LogP contribution in [0.15, 0.2) is 96.9 Å². The molecule has 213 valence electrons. The zero-order valence-electron chi connectivity index (χ0n) is 24.4. The largest absolute Gasteiger partial charge is 0.512 e. The number of fused-ring (bicyclic) bond motifs is 1. The van der Waals surface area contributed by atoms with Gasteiger partial charge in [0.05, 0.1) is 5.76 Å². The smallest absolute Gasteiger partial charge is 0.155 e. The van der Waals surface area contributed by atoms with Crippen LogP contribution in [-0.4, -0.2) is 15.9 Å². The van der Waals surface area contributed by atoms with Crippen LogP contribution in [-0.2, 0) is 24.9 Å². The topological polar surface area (TPSA) is 50.2 Å². The molecule has 0 spiro atoms. The van der Waals surface area contributed by atoms with Crippen molar-refractivity contribution >= 4 is 27.2 Å². The van der Waals surface area contributed by atoms with Crippen molar-refractivity contribution in [2.45, 2.75) is 53.4 Å². The Hall–Kier alpha value is -3.37. The van der Waals surface area contributed by atoms with Gasteiger partial charge >= 0.3 is 0 Å². The molecule has 41 heavy (non-hydrogen) atoms. The third-order valence-electron chi connectivity index (χ3n) is 6.59. The van der Waals surface area contributed by atoms with E-state index in [0.717, 1.165) is 11.3 Å². The molecule has 0 amide bonds. The van der Waals surface area contributed by atoms with E-state index >= 15 is 0 Å². The first-order chi connectivity index (χ1) is 19.1. The normalized spacial score (nSPS) is 11.3. The minimum absolute atomic E-state index is 0. The second-order valence-corrected chi connectivity index (χ2v) is 11.8. The molecule has 5 heteroatoms. The summed E-state index contributed by atoms with van der Waals surface area (Å²) in [5, 5.41) is 9.56. The maximum absolute atomic E-state index is 10.0. The first-order valence-electron chi connectivity index (χ1n) is 13.6. The fraction of sp³-hybridized carbons (Fsp3) is 0.222. The van der Waals surface area contributed by atoms with E-state index < -0.39 is 0 Å². The van der Waals surface area contributed by atoms with Gasteiger partial charge in [-0.15, -0.1) is 46.7 Å². The summed E-state index contributed by atoms with van der Waals surface area (Å²) in [6.45, 7) is 11.9. The number of carbonyl (C=O) groups excluding carboxylic acids is 1. The van der Waals surface area contributed by atoms with Crippen molar-refractivity contribution in [2.75, 3.05) is 0 Å². The van der Waals surface area contributed by atoms with Crippen molar-refractivity contribution in [3.8, 4) is 32.8 Å². The third-order valence-corrected chi connectivity index (χ3v) is 7.74. The molecule has 1 N–H and O–H groups in total. The van der Waals surface area contributed by atoms with Crippen LogP contribution in [0.1, 0.15) is 64.5 Å². The van der Waals surface area contributed by atoms with Crippen molar-refractivity contribution in [3.63, 3.8) is 0 Å². The second kappa shape index (κ2) is 14.5. The average molecular weight is 739 g/mol. The van der Waals surface area contributed by atoms with Crippen LogP contribution in [0.25, 0.3) is 42.9 Å². The van der Waals surface area contributed by atoms with E-state index in [1.807, 2.05) is 29.7 Å². The minimum Gasteiger partial charge on any atom is -0.512 e. The van der Waals surface area contributed by atoms with E-state index in [1.165, 1.54) is 62.7 Å². The summed E-state index contributed by atoms with van der Waals surface area (Å²) in [5.41, 5.74) is 8.50. The molecule has 0 saturated carbocycles. The standard InChI is InChI=1S/C31H28NS.C5H8O2.Ir/c1-20(2)25-14-26(21(3)4)16-27(15-25)30-17-28-19-32-29(18-31(28)33-30)24-12-8-11-23(13-24)22-9-6-5-7-10-22;1-4(6)3-5(2)7;/h5-11,13-21H,1-4H3;3,6H,1-2H3;/q-1;;/b;4-3-;. The van der Waals surface area contributed by atoms with Crippen molar-refractivity contribution in [1.82, 2.24) is 4.98 Å². The number of carbonyl (C=O) groups is 1. The number of nitrogens with zero attached hydrogens (tertiary/aromatic N) is 1. The van der Waals surface area contributed by atoms with Gasteiger partial charge < -0.3 is 10.1 Å². The quantitative estimate of drug-likeness (QED) is 0.107. The van der Waals surface area contributed by atoms with E-state index in [2.05, 4.69) is 100 Å². The molecule has 5 aromatic rings. The maximum Gasteiger partial charge on any atom is 0.155 e. The molecule has 0 aliphatic carbocycles. The van der Waals surface area contributed by atoms with Crippen LogP contribution in [0.5, 0.6) is 0 Å². The number of aliphatic hydroxyl groups is 1. The zero-order valence-corrected chi connectivity index (χ0v) is 27.6. The molecule has 1 radical (unpaired) electrons. The first-order valence-corrected chi connectivity index (χ1v) is 14.4. The molecule has 0 fully saturated rings. The summed E-state index contributed by atoms with van der Waals surface area (Å²) < 4.78 is 1.26. The first kappa shape index (κ1) is 32.1. The summed E-state index contributed by atoms with van der Waals surface area (Å²) in [6, 6.07) is 31.7. The predicted molar refractivity (Wildman–Crippen MR) is 170 cm³/mol. The molecule has 3 nitrogen and oxygen atoms in total. The van der Waals surface area contributed by atoms with Gasteiger partial charge in [0, 0.05) is 47.3 Å². The Morgan fingerprint density at radius 2 is 1.51 bits per heavy atom. The number of allylic oxidation sites excluding steroid dienone is 2. The van der Waals surface area contributed by atoms with Gasteiger partial charge in [0.2, 0.25) is 0 Å². The number of rotatable bonds is 6. The van der Waals surface area contributed by atoms with Crippen LogP contribution in [0.2, 0.25) is 0 Å². The number of hydrogen-bond acceptors (Lipinski definition) is 4. The van der Waals surface area contributed by atoms with Crippen LogP contribution < -0.4 is 0 Å². The third kappa shape index (κ3) is 8.56. The van der Waals surface area contributed by atoms with Crippen LogP contribution in [0, 0.1) is 6.07 Å². The Balaban J connectivity index is 0.000000516. The van der Waals surface area contributed by atoms with E-state index in [1.54, 1.807) is 0 Å². The van der Waals surface area contributed by atoms with Gasteiger partial charge in [-0.1, -0.05) is 82.3 Å². The van der Waals surface area contributed by atoms with Crippen molar-refractivity contribution in [3.05, 3.63) is 114 Å². The number of aliphatic hydroxyl groups excluding tert-OH is 1. The number of ketones is 1. The Morgan fingerprint density at radius 1 is 0.854 bits per heavy atom. The van der Waals surface area contributed by atoms with E-state index in [-0.39, 0.29) is 31.6 Å². The molecule has 0 unspecified atom stereocenters. The molecular weight excluding hydrogens is 703 g/mol. The van der Waals surface area contributed by atoms with Gasteiger partial charge in [0.15, 0.2) is 5.78 Å². The van der Waals surface area contributed by atoms with E-state index in [9.17, 15) is 4.79 Å². The molecule has 5 rings (SSSR count). The van der Waals surface area contributed by atoms with Crippen molar-refractivity contribution in [2.24, 2.45) is 0 Å². The molecule has 0 aliphatic rings. The van der Waals surface area contributed by atoms with Crippen molar-refractivity contribution in [1.29, 1.82) is 0 Å². The van der Waals surface area contributed by atoms with Crippen LogP contribution in [0.3, 0.4) is 0 Å². The van der Waals surface area contributed by atoms with Gasteiger partial charge in [-0.3, -0.25) is 4.79 Å². The molecule has 3 aromatic carbocycles. The molecule has 0 bridgehead atoms. The summed E-state index contributed by atoms with van der Waals surface area (Å²) in [7, 11) is 0. The van der Waals surface area contributed by atoms with Crippen molar-refractivity contribution < 1.29 is 30.0 Å². The Morgan fingerprint density at radius 3 is 2.07 bits per heavy atom. The molecular formula is C36H36IrNO2S-. The summed E-state index contributed by atoms with van der Waals surface area (Å²) in [4.78, 5) is 16.1. The maximum atomic E-state index is 10.0. The molecule has 2 aromatic heterocycles. The molecule has 0 saturated heterocycles. The van der Waals surface area contributed by atoms with Gasteiger partial charge in [0.1, 0.15) is 0 Å². The summed E-state index contributed by atoms with van der Waals surface area (Å²) in [6.07, 6.45) is 3.17. The van der Waals surface area contributed by atoms with Crippen LogP contribution in [0.4, 0.5) is 0 Å². The number of hydrogen-bond donors (Lipinski definition) is 1. The Bertz CT molecular complexity index is 1620. The summed E-state index contributed by atoms with van der Waals surface area (Å²) >= 11 is 1.85. The monoisotopic (exact) mass is 739 g/mol. The Labute approximate surface area is 261 Å². The van der Waals surface area contributed by atoms with Gasteiger partial charge in [-0.25, -0.2) is 0 Å². The van der Waals surface area contributed by atoms with Gasteiger partial charge in [-0.2, -0.15) is 0 Å². The van der Waals surface area contributed by atoms with E-state index in [4.69, 9.17) is 10.1 Å². The summed E-state index contributed by atoms with van der Waals surface area (Å²) in [5.74, 6) is 0.961. The SMILES string of the molecule is CC(=O)/C=C(/C)O.CC(C)c1cc(-c2cc3cnc(-c4[c-]ccc(-c5ccccc5)c4)cc3s2)cc(C(C)C)c1.[Ir].